The molecule has 1 aliphatic heterocycles. The maximum atomic E-state index is 10.9. The van der Waals surface area contributed by atoms with Crippen LogP contribution in [0.1, 0.15) is 19.8 Å². The van der Waals surface area contributed by atoms with Gasteiger partial charge in [0.1, 0.15) is 0 Å². The molecule has 0 spiro atoms. The van der Waals surface area contributed by atoms with Crippen LogP contribution >= 0.6 is 11.6 Å². The van der Waals surface area contributed by atoms with E-state index in [0.29, 0.717) is 6.54 Å². The molecule has 70 valence electrons. The summed E-state index contributed by atoms with van der Waals surface area (Å²) in [5.74, 6) is 0. The minimum absolute atomic E-state index is 0.286. The van der Waals surface area contributed by atoms with Crippen LogP contribution in [0.25, 0.3) is 0 Å². The number of carbonyl (C=O) groups is 1. The van der Waals surface area contributed by atoms with Gasteiger partial charge in [0.05, 0.1) is 0 Å². The molecule has 1 amide bonds. The summed E-state index contributed by atoms with van der Waals surface area (Å²) in [5, 5.41) is -0.343. The molecule has 0 aromatic heterocycles. The standard InChI is InChI=1S/C8H14ClNO2/c1-2-10(8(9)11)7-3-5-12-6-4-7/h7H,2-6H2,1H3. The summed E-state index contributed by atoms with van der Waals surface area (Å²) in [5.41, 5.74) is 0. The Labute approximate surface area is 77.6 Å². The van der Waals surface area contributed by atoms with Crippen LogP contribution in [-0.2, 0) is 4.74 Å². The van der Waals surface area contributed by atoms with Gasteiger partial charge in [0.25, 0.3) is 0 Å². The molecular formula is C8H14ClNO2. The third-order valence-corrected chi connectivity index (χ3v) is 2.42. The summed E-state index contributed by atoms with van der Waals surface area (Å²) in [6.07, 6.45) is 1.82. The fourth-order valence-corrected chi connectivity index (χ4v) is 1.78. The maximum absolute atomic E-state index is 10.9. The van der Waals surface area contributed by atoms with Crippen molar-refractivity contribution in [3.63, 3.8) is 0 Å². The van der Waals surface area contributed by atoms with Crippen LogP contribution in [0.5, 0.6) is 0 Å². The predicted octanol–water partition coefficient (Wildman–Crippen LogP) is 1.85. The number of hydrogen-bond donors (Lipinski definition) is 0. The van der Waals surface area contributed by atoms with Crippen molar-refractivity contribution in [2.75, 3.05) is 19.8 Å². The summed E-state index contributed by atoms with van der Waals surface area (Å²) < 4.78 is 5.19. The summed E-state index contributed by atoms with van der Waals surface area (Å²) in [4.78, 5) is 12.6. The monoisotopic (exact) mass is 191 g/mol. The zero-order chi connectivity index (χ0) is 8.97. The Morgan fingerprint density at radius 1 is 1.58 bits per heavy atom. The maximum Gasteiger partial charge on any atom is 0.316 e. The van der Waals surface area contributed by atoms with Gasteiger partial charge in [-0.15, -0.1) is 0 Å². The first-order chi connectivity index (χ1) is 5.75. The van der Waals surface area contributed by atoms with Crippen molar-refractivity contribution in [3.8, 4) is 0 Å². The fraction of sp³-hybridized carbons (Fsp3) is 0.875. The van der Waals surface area contributed by atoms with E-state index in [-0.39, 0.29) is 11.4 Å². The van der Waals surface area contributed by atoms with E-state index < -0.39 is 0 Å². The fourth-order valence-electron chi connectivity index (χ4n) is 1.52. The highest BCUT2D eigenvalue weighted by molar-refractivity contribution is 6.62. The highest BCUT2D eigenvalue weighted by Crippen LogP contribution is 2.15. The van der Waals surface area contributed by atoms with Crippen molar-refractivity contribution < 1.29 is 9.53 Å². The minimum atomic E-state index is -0.343. The lowest BCUT2D eigenvalue weighted by molar-refractivity contribution is 0.0510. The molecule has 0 aromatic rings. The van der Waals surface area contributed by atoms with Gasteiger partial charge in [0, 0.05) is 25.8 Å². The predicted molar refractivity (Wildman–Crippen MR) is 47.5 cm³/mol. The summed E-state index contributed by atoms with van der Waals surface area (Å²) in [6.45, 7) is 4.11. The van der Waals surface area contributed by atoms with Gasteiger partial charge >= 0.3 is 5.37 Å². The summed E-state index contributed by atoms with van der Waals surface area (Å²) in [7, 11) is 0. The molecule has 1 fully saturated rings. The average molecular weight is 192 g/mol. The van der Waals surface area contributed by atoms with E-state index >= 15 is 0 Å². The third-order valence-electron chi connectivity index (χ3n) is 2.20. The van der Waals surface area contributed by atoms with Crippen LogP contribution in [-0.4, -0.2) is 36.1 Å². The van der Waals surface area contributed by atoms with Gasteiger partial charge in [-0.25, -0.2) is 0 Å². The Morgan fingerprint density at radius 3 is 2.58 bits per heavy atom. The van der Waals surface area contributed by atoms with Gasteiger partial charge < -0.3 is 9.64 Å². The zero-order valence-corrected chi connectivity index (χ0v) is 8.01. The second-order valence-corrected chi connectivity index (χ2v) is 3.21. The lowest BCUT2D eigenvalue weighted by Crippen LogP contribution is -2.40. The second-order valence-electron chi connectivity index (χ2n) is 2.88. The number of carbonyl (C=O) groups excluding carboxylic acids is 1. The van der Waals surface area contributed by atoms with E-state index in [1.165, 1.54) is 0 Å². The van der Waals surface area contributed by atoms with E-state index in [1.54, 1.807) is 4.90 Å². The quantitative estimate of drug-likeness (QED) is 0.493. The molecule has 0 radical (unpaired) electrons. The van der Waals surface area contributed by atoms with Gasteiger partial charge in [-0.2, -0.15) is 0 Å². The number of rotatable bonds is 2. The van der Waals surface area contributed by atoms with Crippen LogP contribution in [0.15, 0.2) is 0 Å². The van der Waals surface area contributed by atoms with Crippen molar-refractivity contribution in [1.29, 1.82) is 0 Å². The molecule has 1 heterocycles. The van der Waals surface area contributed by atoms with Gasteiger partial charge in [-0.05, 0) is 31.4 Å². The highest BCUT2D eigenvalue weighted by Gasteiger charge is 2.22. The molecule has 1 saturated heterocycles. The number of ether oxygens (including phenoxy) is 1. The Morgan fingerprint density at radius 2 is 2.17 bits per heavy atom. The molecule has 1 aliphatic rings. The SMILES string of the molecule is CCN(C(=O)Cl)C1CCOCC1. The summed E-state index contributed by atoms with van der Waals surface area (Å²) in [6, 6.07) is 0.286. The lowest BCUT2D eigenvalue weighted by atomic mass is 10.1. The molecule has 12 heavy (non-hydrogen) atoms. The van der Waals surface area contributed by atoms with Crippen molar-refractivity contribution in [3.05, 3.63) is 0 Å². The Bertz CT molecular complexity index is 157. The summed E-state index contributed by atoms with van der Waals surface area (Å²) >= 11 is 5.42. The topological polar surface area (TPSA) is 29.5 Å². The normalized spacial score (nSPS) is 19.2. The van der Waals surface area contributed by atoms with Crippen LogP contribution in [0, 0.1) is 0 Å². The smallest absolute Gasteiger partial charge is 0.316 e. The minimum Gasteiger partial charge on any atom is -0.381 e. The van der Waals surface area contributed by atoms with E-state index in [0.717, 1.165) is 26.1 Å². The molecule has 0 saturated carbocycles. The Kier molecular flexibility index (Phi) is 3.82. The molecule has 3 nitrogen and oxygen atoms in total. The zero-order valence-electron chi connectivity index (χ0n) is 7.25. The van der Waals surface area contributed by atoms with E-state index in [2.05, 4.69) is 0 Å². The Balaban J connectivity index is 2.46. The second kappa shape index (κ2) is 4.67. The third kappa shape index (κ3) is 2.35. The number of nitrogens with zero attached hydrogens (tertiary/aromatic N) is 1. The van der Waals surface area contributed by atoms with Crippen LogP contribution in [0.3, 0.4) is 0 Å². The molecular weight excluding hydrogens is 178 g/mol. The largest absolute Gasteiger partial charge is 0.381 e. The highest BCUT2D eigenvalue weighted by atomic mass is 35.5. The van der Waals surface area contributed by atoms with Crippen LogP contribution in [0.4, 0.5) is 4.79 Å². The van der Waals surface area contributed by atoms with Gasteiger partial charge in [-0.3, -0.25) is 4.79 Å². The molecule has 1 rings (SSSR count). The van der Waals surface area contributed by atoms with Gasteiger partial charge in [0.15, 0.2) is 0 Å². The molecule has 0 aromatic carbocycles. The van der Waals surface area contributed by atoms with Gasteiger partial charge in [0.2, 0.25) is 0 Å². The van der Waals surface area contributed by atoms with Crippen molar-refractivity contribution in [2.24, 2.45) is 0 Å². The molecule has 0 aliphatic carbocycles. The molecule has 0 bridgehead atoms. The van der Waals surface area contributed by atoms with E-state index in [1.807, 2.05) is 6.92 Å². The first-order valence-electron chi connectivity index (χ1n) is 4.29. The molecule has 0 N–H and O–H groups in total. The van der Waals surface area contributed by atoms with Crippen molar-refractivity contribution in [2.45, 2.75) is 25.8 Å². The number of amides is 1. The van der Waals surface area contributed by atoms with E-state index in [4.69, 9.17) is 16.3 Å². The molecule has 4 heteroatoms. The van der Waals surface area contributed by atoms with Crippen molar-refractivity contribution >= 4 is 17.0 Å². The van der Waals surface area contributed by atoms with Crippen LogP contribution < -0.4 is 0 Å². The first-order valence-corrected chi connectivity index (χ1v) is 4.67. The molecule has 0 unspecified atom stereocenters. The van der Waals surface area contributed by atoms with Gasteiger partial charge in [-0.1, -0.05) is 0 Å². The molecule has 0 atom stereocenters. The van der Waals surface area contributed by atoms with E-state index in [9.17, 15) is 4.79 Å². The Hall–Kier alpha value is -0.280. The lowest BCUT2D eigenvalue weighted by Gasteiger charge is -2.31. The number of hydrogen-bond acceptors (Lipinski definition) is 2. The van der Waals surface area contributed by atoms with Crippen molar-refractivity contribution in [1.82, 2.24) is 4.90 Å². The average Bonchev–Trinajstić information content (AvgIpc) is 2.07. The van der Waals surface area contributed by atoms with Crippen LogP contribution in [0.2, 0.25) is 0 Å². The number of halogens is 1. The first kappa shape index (κ1) is 9.81.